The first-order valence-electron chi connectivity index (χ1n) is 8.15. The highest BCUT2D eigenvalue weighted by Gasteiger charge is 2.16. The lowest BCUT2D eigenvalue weighted by molar-refractivity contribution is 0.553. The Bertz CT molecular complexity index is 1050. The number of hydrogen-bond donors (Lipinski definition) is 0. The molecule has 0 aliphatic rings. The number of aliphatic imine (C=N–C) groups is 1. The standard InChI is InChI=1S/C20H18N4O/c1-13-11-14(2)19(15(3)12-13)21-20(18-9-6-10-25-18)24-17-8-5-4-7-16(17)22-23-24/h4-12H,1-3H3. The van der Waals surface area contributed by atoms with E-state index < -0.39 is 0 Å². The highest BCUT2D eigenvalue weighted by Crippen LogP contribution is 2.27. The fourth-order valence-corrected chi connectivity index (χ4v) is 3.09. The van der Waals surface area contributed by atoms with Gasteiger partial charge in [0.2, 0.25) is 0 Å². The maximum Gasteiger partial charge on any atom is 0.199 e. The third-order valence-corrected chi connectivity index (χ3v) is 4.15. The van der Waals surface area contributed by atoms with Gasteiger partial charge >= 0.3 is 0 Å². The van der Waals surface area contributed by atoms with E-state index in [-0.39, 0.29) is 0 Å². The molecule has 0 fully saturated rings. The van der Waals surface area contributed by atoms with Gasteiger partial charge in [0.1, 0.15) is 5.52 Å². The summed E-state index contributed by atoms with van der Waals surface area (Å²) in [5.41, 5.74) is 6.09. The van der Waals surface area contributed by atoms with Gasteiger partial charge in [-0.05, 0) is 56.2 Å². The Hall–Kier alpha value is -3.21. The molecule has 124 valence electrons. The van der Waals surface area contributed by atoms with Crippen LogP contribution in [0.5, 0.6) is 0 Å². The molecule has 2 aromatic heterocycles. The van der Waals surface area contributed by atoms with E-state index >= 15 is 0 Å². The Kier molecular flexibility index (Phi) is 3.69. The second-order valence-electron chi connectivity index (χ2n) is 6.15. The van der Waals surface area contributed by atoms with E-state index in [1.54, 1.807) is 10.9 Å². The molecule has 0 amide bonds. The average molecular weight is 330 g/mol. The van der Waals surface area contributed by atoms with Crippen molar-refractivity contribution in [1.29, 1.82) is 0 Å². The lowest BCUT2D eigenvalue weighted by Crippen LogP contribution is -2.14. The summed E-state index contributed by atoms with van der Waals surface area (Å²) in [6.45, 7) is 6.22. The summed E-state index contributed by atoms with van der Waals surface area (Å²) < 4.78 is 7.35. The quantitative estimate of drug-likeness (QED) is 0.399. The molecule has 0 atom stereocenters. The van der Waals surface area contributed by atoms with Gasteiger partial charge in [0.15, 0.2) is 11.6 Å². The molecule has 25 heavy (non-hydrogen) atoms. The minimum absolute atomic E-state index is 0.619. The van der Waals surface area contributed by atoms with Gasteiger partial charge in [-0.3, -0.25) is 0 Å². The SMILES string of the molecule is Cc1cc(C)c(N=C(c2ccco2)n2nnc3ccccc32)c(C)c1. The molecule has 0 N–H and O–H groups in total. The highest BCUT2D eigenvalue weighted by molar-refractivity contribution is 6.03. The van der Waals surface area contributed by atoms with Crippen LogP contribution in [0.3, 0.4) is 0 Å². The molecule has 4 rings (SSSR count). The average Bonchev–Trinajstić information content (AvgIpc) is 3.24. The van der Waals surface area contributed by atoms with Crippen molar-refractivity contribution in [2.45, 2.75) is 20.8 Å². The first-order chi connectivity index (χ1) is 12.1. The normalized spacial score (nSPS) is 12.0. The molecule has 0 spiro atoms. The van der Waals surface area contributed by atoms with Gasteiger partial charge in [0.05, 0.1) is 17.5 Å². The zero-order valence-corrected chi connectivity index (χ0v) is 14.4. The zero-order valence-electron chi connectivity index (χ0n) is 14.4. The Morgan fingerprint density at radius 2 is 1.76 bits per heavy atom. The molecule has 2 heterocycles. The van der Waals surface area contributed by atoms with Crippen molar-refractivity contribution in [2.24, 2.45) is 4.99 Å². The van der Waals surface area contributed by atoms with Crippen LogP contribution in [0.15, 0.2) is 64.2 Å². The van der Waals surface area contributed by atoms with Crippen molar-refractivity contribution in [1.82, 2.24) is 15.0 Å². The molecule has 5 heteroatoms. The van der Waals surface area contributed by atoms with Gasteiger partial charge in [0.25, 0.3) is 0 Å². The Labute approximate surface area is 145 Å². The fraction of sp³-hybridized carbons (Fsp3) is 0.150. The maximum absolute atomic E-state index is 5.62. The number of benzene rings is 2. The number of nitrogens with zero attached hydrogens (tertiary/aromatic N) is 4. The Balaban J connectivity index is 1.98. The van der Waals surface area contributed by atoms with Crippen molar-refractivity contribution in [3.8, 4) is 0 Å². The molecule has 5 nitrogen and oxygen atoms in total. The number of aromatic nitrogens is 3. The van der Waals surface area contributed by atoms with Crippen LogP contribution in [-0.4, -0.2) is 20.8 Å². The van der Waals surface area contributed by atoms with Crippen LogP contribution in [0.2, 0.25) is 0 Å². The molecule has 0 unspecified atom stereocenters. The van der Waals surface area contributed by atoms with E-state index in [1.165, 1.54) is 5.56 Å². The van der Waals surface area contributed by atoms with Crippen molar-refractivity contribution in [2.75, 3.05) is 0 Å². The van der Waals surface area contributed by atoms with Crippen LogP contribution in [0, 0.1) is 20.8 Å². The summed E-state index contributed by atoms with van der Waals surface area (Å²) in [7, 11) is 0. The zero-order chi connectivity index (χ0) is 17.4. The number of rotatable bonds is 2. The number of para-hydroxylation sites is 1. The van der Waals surface area contributed by atoms with Crippen LogP contribution in [-0.2, 0) is 0 Å². The predicted octanol–water partition coefficient (Wildman–Crippen LogP) is 4.58. The maximum atomic E-state index is 5.62. The van der Waals surface area contributed by atoms with Crippen LogP contribution < -0.4 is 0 Å². The largest absolute Gasteiger partial charge is 0.461 e. The molecular formula is C20H18N4O. The van der Waals surface area contributed by atoms with Gasteiger partial charge in [-0.2, -0.15) is 4.68 Å². The molecule has 0 bridgehead atoms. The van der Waals surface area contributed by atoms with E-state index in [2.05, 4.69) is 43.2 Å². The molecule has 4 aromatic rings. The van der Waals surface area contributed by atoms with Gasteiger partial charge in [-0.25, -0.2) is 4.99 Å². The summed E-state index contributed by atoms with van der Waals surface area (Å²) >= 11 is 0. The lowest BCUT2D eigenvalue weighted by atomic mass is 10.1. The molecule has 2 aromatic carbocycles. The van der Waals surface area contributed by atoms with Gasteiger partial charge in [-0.1, -0.05) is 35.0 Å². The number of fused-ring (bicyclic) bond motifs is 1. The summed E-state index contributed by atoms with van der Waals surface area (Å²) in [4.78, 5) is 4.92. The summed E-state index contributed by atoms with van der Waals surface area (Å²) in [5, 5.41) is 8.54. The van der Waals surface area contributed by atoms with E-state index in [0.717, 1.165) is 27.8 Å². The second kappa shape index (κ2) is 6.02. The topological polar surface area (TPSA) is 56.2 Å². The Morgan fingerprint density at radius 1 is 1.00 bits per heavy atom. The lowest BCUT2D eigenvalue weighted by Gasteiger charge is -2.10. The van der Waals surface area contributed by atoms with Crippen LogP contribution in [0.1, 0.15) is 22.5 Å². The van der Waals surface area contributed by atoms with Crippen molar-refractivity contribution in [3.63, 3.8) is 0 Å². The van der Waals surface area contributed by atoms with E-state index in [4.69, 9.17) is 9.41 Å². The summed E-state index contributed by atoms with van der Waals surface area (Å²) in [6, 6.07) is 15.8. The smallest absolute Gasteiger partial charge is 0.199 e. The monoisotopic (exact) mass is 330 g/mol. The van der Waals surface area contributed by atoms with E-state index in [9.17, 15) is 0 Å². The number of furan rings is 1. The van der Waals surface area contributed by atoms with Crippen molar-refractivity contribution >= 4 is 22.6 Å². The first kappa shape index (κ1) is 15.3. The fourth-order valence-electron chi connectivity index (χ4n) is 3.09. The number of hydrogen-bond acceptors (Lipinski definition) is 4. The predicted molar refractivity (Wildman–Crippen MR) is 98.5 cm³/mol. The van der Waals surface area contributed by atoms with Crippen molar-refractivity contribution in [3.05, 3.63) is 77.2 Å². The summed E-state index contributed by atoms with van der Waals surface area (Å²) in [5.74, 6) is 1.27. The van der Waals surface area contributed by atoms with Gasteiger partial charge < -0.3 is 4.42 Å². The molecule has 0 aliphatic carbocycles. The number of aryl methyl sites for hydroxylation is 3. The van der Waals surface area contributed by atoms with Crippen LogP contribution in [0.4, 0.5) is 5.69 Å². The van der Waals surface area contributed by atoms with E-state index in [0.29, 0.717) is 11.6 Å². The van der Waals surface area contributed by atoms with Gasteiger partial charge in [-0.15, -0.1) is 5.10 Å². The second-order valence-corrected chi connectivity index (χ2v) is 6.15. The minimum atomic E-state index is 0.619. The minimum Gasteiger partial charge on any atom is -0.461 e. The third-order valence-electron chi connectivity index (χ3n) is 4.15. The molecule has 0 saturated carbocycles. The van der Waals surface area contributed by atoms with Crippen LogP contribution in [0.25, 0.3) is 11.0 Å². The van der Waals surface area contributed by atoms with Gasteiger partial charge in [0, 0.05) is 0 Å². The van der Waals surface area contributed by atoms with Crippen LogP contribution >= 0.6 is 0 Å². The summed E-state index contributed by atoms with van der Waals surface area (Å²) in [6.07, 6.45) is 1.64. The highest BCUT2D eigenvalue weighted by atomic mass is 16.3. The molecular weight excluding hydrogens is 312 g/mol. The molecule has 0 saturated heterocycles. The molecule has 0 radical (unpaired) electrons. The van der Waals surface area contributed by atoms with Crippen molar-refractivity contribution < 1.29 is 4.42 Å². The first-order valence-corrected chi connectivity index (χ1v) is 8.15. The van der Waals surface area contributed by atoms with E-state index in [1.807, 2.05) is 36.4 Å². The molecule has 0 aliphatic heterocycles. The third kappa shape index (κ3) is 2.74. The Morgan fingerprint density at radius 3 is 2.48 bits per heavy atom.